The van der Waals surface area contributed by atoms with Crippen molar-refractivity contribution < 1.29 is 4.79 Å². The Morgan fingerprint density at radius 2 is 2.50 bits per heavy atom. The summed E-state index contributed by atoms with van der Waals surface area (Å²) >= 11 is 0. The van der Waals surface area contributed by atoms with Crippen molar-refractivity contribution in [3.63, 3.8) is 0 Å². The largest absolute Gasteiger partial charge is 0.307 e. The number of carbonyl (C=O) groups is 1. The number of nitrogens with one attached hydrogen (secondary N) is 1. The lowest BCUT2D eigenvalue weighted by Gasteiger charge is -2.01. The molecular weight excluding hydrogens is 121 g/mol. The average molecular weight is 131 g/mol. The van der Waals surface area contributed by atoms with Crippen molar-refractivity contribution >= 4 is 14.8 Å². The van der Waals surface area contributed by atoms with Crippen LogP contribution in [0.4, 0.5) is 0 Å². The fourth-order valence-corrected chi connectivity index (χ4v) is 1.21. The van der Waals surface area contributed by atoms with E-state index in [1.54, 1.807) is 0 Å². The van der Waals surface area contributed by atoms with Crippen LogP contribution in [-0.4, -0.2) is 18.1 Å². The van der Waals surface area contributed by atoms with Crippen molar-refractivity contribution in [3.8, 4) is 0 Å². The third kappa shape index (κ3) is 1.27. The summed E-state index contributed by atoms with van der Waals surface area (Å²) in [6.07, 6.45) is 2.16. The van der Waals surface area contributed by atoms with Gasteiger partial charge in [0.05, 0.1) is 6.04 Å². The van der Waals surface area contributed by atoms with Crippen LogP contribution in [0.15, 0.2) is 0 Å². The molecule has 1 saturated heterocycles. The smallest absolute Gasteiger partial charge is 0.165 e. The molecule has 1 N–H and O–H groups in total. The Hall–Kier alpha value is 0.0600. The Morgan fingerprint density at radius 1 is 1.75 bits per heavy atom. The molecule has 2 nitrogen and oxygen atoms in total. The Balaban J connectivity index is 2.35. The summed E-state index contributed by atoms with van der Waals surface area (Å²) in [5.74, 6) is 0. The highest BCUT2D eigenvalue weighted by Gasteiger charge is 2.17. The summed E-state index contributed by atoms with van der Waals surface area (Å²) in [7, 11) is 2.20. The number of hydrogen-bond donors (Lipinski definition) is 1. The minimum atomic E-state index is 0.139. The van der Waals surface area contributed by atoms with Crippen LogP contribution in [0.1, 0.15) is 12.8 Å². The molecule has 1 aliphatic rings. The van der Waals surface area contributed by atoms with E-state index < -0.39 is 0 Å². The van der Waals surface area contributed by atoms with Gasteiger partial charge in [0.25, 0.3) is 0 Å². The third-order valence-electron chi connectivity index (χ3n) is 1.40. The predicted octanol–water partition coefficient (Wildman–Crippen LogP) is 0.140. The highest BCUT2D eigenvalue weighted by Crippen LogP contribution is 2.08. The molecule has 0 aromatic rings. The van der Waals surface area contributed by atoms with E-state index in [0.717, 1.165) is 19.4 Å². The first-order chi connectivity index (χ1) is 3.80. The maximum Gasteiger partial charge on any atom is 0.165 e. The molecule has 0 bridgehead atoms. The fourth-order valence-electron chi connectivity index (χ4n) is 0.927. The van der Waals surface area contributed by atoms with Crippen molar-refractivity contribution in [1.29, 1.82) is 0 Å². The zero-order chi connectivity index (χ0) is 5.98. The SMILES string of the molecule is O=C(P)C1CCCN1. The van der Waals surface area contributed by atoms with E-state index in [4.69, 9.17) is 0 Å². The van der Waals surface area contributed by atoms with Gasteiger partial charge in [-0.3, -0.25) is 4.79 Å². The molecule has 0 aromatic carbocycles. The number of hydrogen-bond acceptors (Lipinski definition) is 2. The van der Waals surface area contributed by atoms with E-state index in [1.165, 1.54) is 0 Å². The number of rotatable bonds is 1. The van der Waals surface area contributed by atoms with Gasteiger partial charge < -0.3 is 5.32 Å². The minimum Gasteiger partial charge on any atom is -0.307 e. The molecular formula is C5H10NOP. The minimum absolute atomic E-state index is 0.139. The first kappa shape index (κ1) is 6.18. The molecule has 8 heavy (non-hydrogen) atoms. The molecule has 1 heterocycles. The molecule has 0 amide bonds. The maximum atomic E-state index is 10.5. The fraction of sp³-hybridized carbons (Fsp3) is 0.800. The second kappa shape index (κ2) is 2.56. The van der Waals surface area contributed by atoms with Crippen molar-refractivity contribution in [3.05, 3.63) is 0 Å². The lowest BCUT2D eigenvalue weighted by Crippen LogP contribution is -2.26. The van der Waals surface area contributed by atoms with Gasteiger partial charge in [0.2, 0.25) is 0 Å². The average Bonchev–Trinajstić information content (AvgIpc) is 2.12. The van der Waals surface area contributed by atoms with Crippen molar-refractivity contribution in [2.24, 2.45) is 0 Å². The highest BCUT2D eigenvalue weighted by atomic mass is 31.0. The summed E-state index contributed by atoms with van der Waals surface area (Å²) in [5, 5.41) is 3.09. The van der Waals surface area contributed by atoms with Gasteiger partial charge in [-0.2, -0.15) is 0 Å². The summed E-state index contributed by atoms with van der Waals surface area (Å²) in [4.78, 5) is 10.5. The molecule has 0 radical (unpaired) electrons. The number of carbonyl (C=O) groups excluding carboxylic acids is 1. The first-order valence-electron chi connectivity index (χ1n) is 2.83. The normalized spacial score (nSPS) is 28.4. The zero-order valence-corrected chi connectivity index (χ0v) is 5.84. The monoisotopic (exact) mass is 131 g/mol. The van der Waals surface area contributed by atoms with Gasteiger partial charge >= 0.3 is 0 Å². The van der Waals surface area contributed by atoms with Crippen LogP contribution in [0.3, 0.4) is 0 Å². The van der Waals surface area contributed by atoms with Crippen LogP contribution in [0.2, 0.25) is 0 Å². The summed E-state index contributed by atoms with van der Waals surface area (Å²) < 4.78 is 0. The second-order valence-electron chi connectivity index (χ2n) is 2.05. The molecule has 0 aromatic heterocycles. The van der Waals surface area contributed by atoms with Gasteiger partial charge in [-0.1, -0.05) is 9.24 Å². The van der Waals surface area contributed by atoms with Crippen LogP contribution < -0.4 is 5.32 Å². The van der Waals surface area contributed by atoms with Crippen LogP contribution in [-0.2, 0) is 4.79 Å². The first-order valence-corrected chi connectivity index (χ1v) is 3.41. The van der Waals surface area contributed by atoms with Crippen LogP contribution in [0.25, 0.3) is 0 Å². The Labute approximate surface area is 51.2 Å². The van der Waals surface area contributed by atoms with E-state index in [9.17, 15) is 4.79 Å². The Kier molecular flexibility index (Phi) is 1.98. The molecule has 0 spiro atoms. The van der Waals surface area contributed by atoms with Crippen LogP contribution in [0, 0.1) is 0 Å². The molecule has 1 aliphatic heterocycles. The summed E-state index contributed by atoms with van der Waals surface area (Å²) in [5.41, 5.74) is 0.197. The predicted molar refractivity (Wildman–Crippen MR) is 35.7 cm³/mol. The lowest BCUT2D eigenvalue weighted by molar-refractivity contribution is -0.112. The van der Waals surface area contributed by atoms with Gasteiger partial charge in [0.15, 0.2) is 5.52 Å². The van der Waals surface area contributed by atoms with E-state index in [2.05, 4.69) is 14.6 Å². The van der Waals surface area contributed by atoms with Crippen molar-refractivity contribution in [2.45, 2.75) is 18.9 Å². The van der Waals surface area contributed by atoms with E-state index >= 15 is 0 Å². The molecule has 46 valence electrons. The summed E-state index contributed by atoms with van der Waals surface area (Å²) in [6, 6.07) is 0.139. The molecule has 0 aliphatic carbocycles. The topological polar surface area (TPSA) is 29.1 Å². The standard InChI is InChI=1S/C5H10NOP/c7-5(8)4-2-1-3-6-4/h4,6H,1-3,8H2. The molecule has 2 atom stereocenters. The van der Waals surface area contributed by atoms with Gasteiger partial charge in [-0.15, -0.1) is 0 Å². The molecule has 1 fully saturated rings. The van der Waals surface area contributed by atoms with E-state index in [1.807, 2.05) is 0 Å². The van der Waals surface area contributed by atoms with Gasteiger partial charge in [-0.05, 0) is 19.4 Å². The van der Waals surface area contributed by atoms with Gasteiger partial charge in [0, 0.05) is 0 Å². The summed E-state index contributed by atoms with van der Waals surface area (Å²) in [6.45, 7) is 1.00. The van der Waals surface area contributed by atoms with Gasteiger partial charge in [-0.25, -0.2) is 0 Å². The molecule has 1 rings (SSSR count). The van der Waals surface area contributed by atoms with Crippen molar-refractivity contribution in [2.75, 3.05) is 6.54 Å². The quantitative estimate of drug-likeness (QED) is 0.513. The Bertz CT molecular complexity index is 98.6. The van der Waals surface area contributed by atoms with Crippen molar-refractivity contribution in [1.82, 2.24) is 5.32 Å². The highest BCUT2D eigenvalue weighted by molar-refractivity contribution is 7.40. The van der Waals surface area contributed by atoms with E-state index in [-0.39, 0.29) is 11.6 Å². The molecule has 3 heteroatoms. The molecule has 2 unspecified atom stereocenters. The zero-order valence-electron chi connectivity index (χ0n) is 4.68. The lowest BCUT2D eigenvalue weighted by atomic mass is 10.2. The maximum absolute atomic E-state index is 10.5. The molecule has 0 saturated carbocycles. The third-order valence-corrected chi connectivity index (χ3v) is 1.81. The van der Waals surface area contributed by atoms with Crippen LogP contribution >= 0.6 is 9.24 Å². The Morgan fingerprint density at radius 3 is 2.75 bits per heavy atom. The van der Waals surface area contributed by atoms with Gasteiger partial charge in [0.1, 0.15) is 0 Å². The van der Waals surface area contributed by atoms with Crippen LogP contribution in [0.5, 0.6) is 0 Å². The second-order valence-corrected chi connectivity index (χ2v) is 2.62. The van der Waals surface area contributed by atoms with E-state index in [0.29, 0.717) is 0 Å².